The Kier molecular flexibility index (Phi) is 5.25. The number of hydrogen-bond donors (Lipinski definition) is 1. The van der Waals surface area contributed by atoms with Crippen LogP contribution in [0.5, 0.6) is 0 Å². The Morgan fingerprint density at radius 3 is 2.67 bits per heavy atom. The molecular weight excluding hydrogens is 286 g/mol. The van der Waals surface area contributed by atoms with Gasteiger partial charge in [0.25, 0.3) is 0 Å². The van der Waals surface area contributed by atoms with Crippen molar-refractivity contribution in [1.29, 1.82) is 0 Å². The van der Waals surface area contributed by atoms with Crippen LogP contribution in [0.15, 0.2) is 28.7 Å². The quantitative estimate of drug-likeness (QED) is 0.827. The molecular formula is C16H24BrN. The van der Waals surface area contributed by atoms with Gasteiger partial charge in [0.15, 0.2) is 0 Å². The fourth-order valence-electron chi connectivity index (χ4n) is 2.70. The van der Waals surface area contributed by atoms with Crippen molar-refractivity contribution in [3.63, 3.8) is 0 Å². The predicted molar refractivity (Wildman–Crippen MR) is 81.8 cm³/mol. The molecule has 2 rings (SSSR count). The smallest absolute Gasteiger partial charge is 0.0177 e. The summed E-state index contributed by atoms with van der Waals surface area (Å²) in [7, 11) is 0. The number of halogens is 1. The molecule has 0 spiro atoms. The molecule has 1 aromatic carbocycles. The van der Waals surface area contributed by atoms with E-state index in [9.17, 15) is 0 Å². The number of rotatable bonds is 6. The lowest BCUT2D eigenvalue weighted by Crippen LogP contribution is -2.37. The van der Waals surface area contributed by atoms with Crippen molar-refractivity contribution in [2.75, 3.05) is 13.1 Å². The molecule has 0 aliphatic heterocycles. The van der Waals surface area contributed by atoms with Crippen LogP contribution in [-0.4, -0.2) is 13.1 Å². The average molecular weight is 310 g/mol. The monoisotopic (exact) mass is 309 g/mol. The molecule has 0 heterocycles. The van der Waals surface area contributed by atoms with Gasteiger partial charge in [0.2, 0.25) is 0 Å². The number of benzene rings is 1. The minimum atomic E-state index is 0.758. The largest absolute Gasteiger partial charge is 0.316 e. The third-order valence-corrected chi connectivity index (χ3v) is 4.41. The summed E-state index contributed by atoms with van der Waals surface area (Å²) >= 11 is 3.55. The fraction of sp³-hybridized carbons (Fsp3) is 0.625. The van der Waals surface area contributed by atoms with Crippen molar-refractivity contribution >= 4 is 15.9 Å². The third kappa shape index (κ3) is 4.10. The molecule has 1 nitrogen and oxygen atoms in total. The molecule has 2 unspecified atom stereocenters. The van der Waals surface area contributed by atoms with E-state index in [2.05, 4.69) is 59.4 Å². The highest BCUT2D eigenvalue weighted by Gasteiger charge is 2.30. The van der Waals surface area contributed by atoms with E-state index < -0.39 is 0 Å². The summed E-state index contributed by atoms with van der Waals surface area (Å²) in [6.07, 6.45) is 4.05. The Morgan fingerprint density at radius 2 is 2.06 bits per heavy atom. The maximum atomic E-state index is 3.60. The van der Waals surface area contributed by atoms with Crippen LogP contribution < -0.4 is 5.32 Å². The zero-order valence-electron chi connectivity index (χ0n) is 11.5. The summed E-state index contributed by atoms with van der Waals surface area (Å²) in [5, 5.41) is 3.60. The molecule has 0 bridgehead atoms. The van der Waals surface area contributed by atoms with E-state index in [1.807, 2.05) is 0 Å². The lowest BCUT2D eigenvalue weighted by molar-refractivity contribution is 0.169. The van der Waals surface area contributed by atoms with Gasteiger partial charge in [-0.15, -0.1) is 0 Å². The Hall–Kier alpha value is -0.340. The predicted octanol–water partition coefficient (Wildman–Crippen LogP) is 4.26. The molecule has 0 saturated heterocycles. The molecule has 2 heteroatoms. The number of hydrogen-bond acceptors (Lipinski definition) is 1. The highest BCUT2D eigenvalue weighted by atomic mass is 79.9. The first-order valence-corrected chi connectivity index (χ1v) is 7.89. The van der Waals surface area contributed by atoms with Gasteiger partial charge in [0.05, 0.1) is 0 Å². The molecule has 18 heavy (non-hydrogen) atoms. The standard InChI is InChI=1S/C16H24BrN/c1-12(2)10-18-11-15-7-6-14(15)8-13-4-3-5-16(17)9-13/h3-5,9,12,14-15,18H,6-8,10-11H2,1-2H3. The van der Waals surface area contributed by atoms with Gasteiger partial charge in [-0.1, -0.05) is 41.9 Å². The summed E-state index contributed by atoms with van der Waals surface area (Å²) in [6, 6.07) is 8.76. The minimum absolute atomic E-state index is 0.758. The van der Waals surface area contributed by atoms with Gasteiger partial charge < -0.3 is 5.32 Å². The summed E-state index contributed by atoms with van der Waals surface area (Å²) in [6.45, 7) is 6.90. The van der Waals surface area contributed by atoms with Crippen molar-refractivity contribution in [3.8, 4) is 0 Å². The Balaban J connectivity index is 1.76. The second-order valence-electron chi connectivity index (χ2n) is 5.98. The first kappa shape index (κ1) is 14.1. The van der Waals surface area contributed by atoms with E-state index in [4.69, 9.17) is 0 Å². The van der Waals surface area contributed by atoms with Crippen LogP contribution >= 0.6 is 15.9 Å². The minimum Gasteiger partial charge on any atom is -0.316 e. The first-order chi connectivity index (χ1) is 8.65. The van der Waals surface area contributed by atoms with Crippen LogP contribution in [0.4, 0.5) is 0 Å². The molecule has 1 N–H and O–H groups in total. The summed E-state index contributed by atoms with van der Waals surface area (Å²) in [5.74, 6) is 2.54. The second-order valence-corrected chi connectivity index (χ2v) is 6.90. The lowest BCUT2D eigenvalue weighted by atomic mass is 9.70. The van der Waals surface area contributed by atoms with E-state index >= 15 is 0 Å². The first-order valence-electron chi connectivity index (χ1n) is 7.10. The molecule has 1 aliphatic rings. The molecule has 1 aromatic rings. The zero-order chi connectivity index (χ0) is 13.0. The maximum Gasteiger partial charge on any atom is 0.0177 e. The van der Waals surface area contributed by atoms with Gasteiger partial charge in [-0.25, -0.2) is 0 Å². The molecule has 1 saturated carbocycles. The molecule has 1 fully saturated rings. The Labute approximate surface area is 119 Å². The van der Waals surface area contributed by atoms with Gasteiger partial charge in [0.1, 0.15) is 0 Å². The number of nitrogens with one attached hydrogen (secondary N) is 1. The lowest BCUT2D eigenvalue weighted by Gasteiger charge is -2.37. The SMILES string of the molecule is CC(C)CNCC1CCC1Cc1cccc(Br)c1. The normalized spacial score (nSPS) is 23.1. The van der Waals surface area contributed by atoms with Crippen LogP contribution in [0, 0.1) is 17.8 Å². The maximum absolute atomic E-state index is 3.60. The Bertz CT molecular complexity index is 375. The molecule has 2 atom stereocenters. The van der Waals surface area contributed by atoms with Crippen molar-refractivity contribution < 1.29 is 0 Å². The van der Waals surface area contributed by atoms with Crippen LogP contribution in [-0.2, 0) is 6.42 Å². The molecule has 0 aromatic heterocycles. The van der Waals surface area contributed by atoms with Gasteiger partial charge in [-0.05, 0) is 67.8 Å². The Morgan fingerprint density at radius 1 is 1.28 bits per heavy atom. The molecule has 0 amide bonds. The highest BCUT2D eigenvalue weighted by Crippen LogP contribution is 2.36. The summed E-state index contributed by atoms with van der Waals surface area (Å²) < 4.78 is 1.20. The topological polar surface area (TPSA) is 12.0 Å². The van der Waals surface area contributed by atoms with Gasteiger partial charge in [-0.3, -0.25) is 0 Å². The molecule has 0 radical (unpaired) electrons. The van der Waals surface area contributed by atoms with E-state index in [1.165, 1.54) is 35.8 Å². The molecule has 1 aliphatic carbocycles. The summed E-state index contributed by atoms with van der Waals surface area (Å²) in [5.41, 5.74) is 1.47. The van der Waals surface area contributed by atoms with Gasteiger partial charge >= 0.3 is 0 Å². The second kappa shape index (κ2) is 6.72. The van der Waals surface area contributed by atoms with Crippen LogP contribution in [0.3, 0.4) is 0 Å². The van der Waals surface area contributed by atoms with E-state index in [1.54, 1.807) is 0 Å². The average Bonchev–Trinajstić information content (AvgIpc) is 2.30. The zero-order valence-corrected chi connectivity index (χ0v) is 13.0. The van der Waals surface area contributed by atoms with Crippen LogP contribution in [0.2, 0.25) is 0 Å². The van der Waals surface area contributed by atoms with Gasteiger partial charge in [0, 0.05) is 4.47 Å². The van der Waals surface area contributed by atoms with Crippen molar-refractivity contribution in [2.24, 2.45) is 17.8 Å². The highest BCUT2D eigenvalue weighted by molar-refractivity contribution is 9.10. The van der Waals surface area contributed by atoms with E-state index in [-0.39, 0.29) is 0 Å². The van der Waals surface area contributed by atoms with Crippen molar-refractivity contribution in [3.05, 3.63) is 34.3 Å². The van der Waals surface area contributed by atoms with Crippen molar-refractivity contribution in [1.82, 2.24) is 5.32 Å². The van der Waals surface area contributed by atoms with E-state index in [0.717, 1.165) is 24.3 Å². The van der Waals surface area contributed by atoms with E-state index in [0.29, 0.717) is 0 Å². The third-order valence-electron chi connectivity index (χ3n) is 3.92. The van der Waals surface area contributed by atoms with Gasteiger partial charge in [-0.2, -0.15) is 0 Å². The van der Waals surface area contributed by atoms with Crippen LogP contribution in [0.1, 0.15) is 32.3 Å². The van der Waals surface area contributed by atoms with Crippen molar-refractivity contribution in [2.45, 2.75) is 33.1 Å². The fourth-order valence-corrected chi connectivity index (χ4v) is 3.15. The van der Waals surface area contributed by atoms with Crippen LogP contribution in [0.25, 0.3) is 0 Å². The summed E-state index contributed by atoms with van der Waals surface area (Å²) in [4.78, 5) is 0. The molecule has 100 valence electrons.